The van der Waals surface area contributed by atoms with Gasteiger partial charge in [-0.15, -0.1) is 24.0 Å². The number of hydrogen-bond donors (Lipinski definition) is 0. The molecule has 0 amide bonds. The molecule has 0 heterocycles. The summed E-state index contributed by atoms with van der Waals surface area (Å²) >= 11 is 11.0. The van der Waals surface area contributed by atoms with Gasteiger partial charge in [0.25, 0.3) is 0 Å². The van der Waals surface area contributed by atoms with Crippen LogP contribution in [0.4, 0.5) is 0 Å². The van der Waals surface area contributed by atoms with Crippen LogP contribution in [0, 0.1) is 5.21 Å². The molecule has 0 fully saturated rings. The van der Waals surface area contributed by atoms with Gasteiger partial charge in [0.2, 0.25) is 0 Å². The zero-order valence-corrected chi connectivity index (χ0v) is 8.34. The summed E-state index contributed by atoms with van der Waals surface area (Å²) in [4.78, 5) is 0. The molecule has 5 heteroatoms. The van der Waals surface area contributed by atoms with Crippen molar-refractivity contribution in [2.45, 2.75) is 19.2 Å². The van der Waals surface area contributed by atoms with Crippen LogP contribution in [0.1, 0.15) is 13.8 Å². The van der Waals surface area contributed by atoms with E-state index in [1.807, 2.05) is 0 Å². The molecular formula is C5H12Cl3NO. The zero-order valence-electron chi connectivity index (χ0n) is 6.01. The van der Waals surface area contributed by atoms with Crippen LogP contribution >= 0.6 is 35.8 Å². The Morgan fingerprint density at radius 2 is 2.00 bits per heavy atom. The number of hydrogen-bond acceptors (Lipinski definition) is 1. The Kier molecular flexibility index (Phi) is 7.28. The van der Waals surface area contributed by atoms with Crippen LogP contribution in [0.2, 0.25) is 0 Å². The quantitative estimate of drug-likeness (QED) is 0.397. The molecule has 0 rings (SSSR count). The van der Waals surface area contributed by atoms with E-state index in [2.05, 4.69) is 0 Å². The molecule has 0 spiro atoms. The fourth-order valence-electron chi connectivity index (χ4n) is 0.505. The summed E-state index contributed by atoms with van der Waals surface area (Å²) in [5.41, 5.74) is 0. The fourth-order valence-corrected chi connectivity index (χ4v) is 1.01. The van der Waals surface area contributed by atoms with E-state index in [9.17, 15) is 5.21 Å². The second-order valence-electron chi connectivity index (χ2n) is 2.07. The Morgan fingerprint density at radius 3 is 2.10 bits per heavy atom. The maximum absolute atomic E-state index is 10.9. The van der Waals surface area contributed by atoms with Crippen molar-refractivity contribution in [3.63, 3.8) is 0 Å². The minimum Gasteiger partial charge on any atom is -0.613 e. The second kappa shape index (κ2) is 5.44. The van der Waals surface area contributed by atoms with Gasteiger partial charge >= 0.3 is 0 Å². The first-order valence-corrected chi connectivity index (χ1v) is 3.67. The van der Waals surface area contributed by atoms with Gasteiger partial charge < -0.3 is 5.21 Å². The summed E-state index contributed by atoms with van der Waals surface area (Å²) in [7, 11) is 0. The maximum Gasteiger partial charge on any atom is 0.166 e. The SMILES string of the molecule is CC[N+]([O-])(Cl)CC(C)Cl.Cl. The first-order chi connectivity index (χ1) is 3.98. The highest BCUT2D eigenvalue weighted by molar-refractivity contribution is 6.20. The van der Waals surface area contributed by atoms with Crippen molar-refractivity contribution in [3.8, 4) is 0 Å². The van der Waals surface area contributed by atoms with Crippen molar-refractivity contribution in [1.82, 2.24) is 0 Å². The number of alkyl halides is 1. The monoisotopic (exact) mass is 207 g/mol. The largest absolute Gasteiger partial charge is 0.613 e. The van der Waals surface area contributed by atoms with E-state index in [4.69, 9.17) is 23.4 Å². The number of rotatable bonds is 3. The van der Waals surface area contributed by atoms with Crippen LogP contribution in [-0.2, 0) is 0 Å². The van der Waals surface area contributed by atoms with E-state index in [-0.39, 0.29) is 24.3 Å². The molecule has 0 N–H and O–H groups in total. The molecule has 0 bridgehead atoms. The van der Waals surface area contributed by atoms with Gasteiger partial charge in [-0.05, 0) is 13.8 Å². The number of halogens is 3. The van der Waals surface area contributed by atoms with Crippen LogP contribution in [0.15, 0.2) is 0 Å². The molecule has 0 aliphatic rings. The van der Waals surface area contributed by atoms with Gasteiger partial charge in [0, 0.05) is 0 Å². The third-order valence-electron chi connectivity index (χ3n) is 0.996. The van der Waals surface area contributed by atoms with Gasteiger partial charge in [-0.2, -0.15) is 0 Å². The number of hydroxylamine groups is 2. The molecule has 0 aromatic rings. The normalized spacial score (nSPS) is 18.9. The topological polar surface area (TPSA) is 23.1 Å². The van der Waals surface area contributed by atoms with Crippen molar-refractivity contribution in [2.75, 3.05) is 13.1 Å². The molecular weight excluding hydrogens is 196 g/mol. The Hall–Kier alpha value is 0.790. The molecule has 0 saturated carbocycles. The standard InChI is InChI=1S/C5H11Cl2NO.ClH/c1-3-8(7,9)4-5(2)6;/h5H,3-4H2,1-2H3;1H. The van der Waals surface area contributed by atoms with Crippen molar-refractivity contribution >= 4 is 35.8 Å². The Morgan fingerprint density at radius 1 is 1.60 bits per heavy atom. The van der Waals surface area contributed by atoms with Gasteiger partial charge in [-0.25, -0.2) is 0 Å². The lowest BCUT2D eigenvalue weighted by atomic mass is 10.4. The van der Waals surface area contributed by atoms with E-state index in [0.29, 0.717) is 6.54 Å². The van der Waals surface area contributed by atoms with Crippen molar-refractivity contribution in [3.05, 3.63) is 5.21 Å². The lowest BCUT2D eigenvalue weighted by Crippen LogP contribution is -2.35. The van der Waals surface area contributed by atoms with Crippen LogP contribution in [-0.4, -0.2) is 22.6 Å². The van der Waals surface area contributed by atoms with Crippen LogP contribution in [0.3, 0.4) is 0 Å². The Bertz CT molecular complexity index is 87.0. The Labute approximate surface area is 77.8 Å². The second-order valence-corrected chi connectivity index (χ2v) is 3.43. The van der Waals surface area contributed by atoms with Gasteiger partial charge in [-0.1, -0.05) is 0 Å². The first kappa shape index (κ1) is 13.4. The molecule has 0 aromatic heterocycles. The van der Waals surface area contributed by atoms with Gasteiger partial charge in [0.15, 0.2) is 11.8 Å². The fraction of sp³-hybridized carbons (Fsp3) is 1.00. The first-order valence-electron chi connectivity index (χ1n) is 2.89. The number of quaternary nitrogens is 1. The van der Waals surface area contributed by atoms with Gasteiger partial charge in [0.1, 0.15) is 6.54 Å². The molecule has 0 aliphatic heterocycles. The lowest BCUT2D eigenvalue weighted by molar-refractivity contribution is -0.759. The van der Waals surface area contributed by atoms with E-state index < -0.39 is 4.17 Å². The van der Waals surface area contributed by atoms with Crippen LogP contribution in [0.5, 0.6) is 0 Å². The maximum atomic E-state index is 10.9. The molecule has 2 nitrogen and oxygen atoms in total. The molecule has 10 heavy (non-hydrogen) atoms. The van der Waals surface area contributed by atoms with E-state index in [1.54, 1.807) is 13.8 Å². The van der Waals surface area contributed by atoms with Gasteiger partial charge in [-0.3, -0.25) is 4.17 Å². The average molecular weight is 209 g/mol. The molecule has 0 radical (unpaired) electrons. The number of nitrogens with zero attached hydrogens (tertiary/aromatic N) is 1. The van der Waals surface area contributed by atoms with E-state index in [1.165, 1.54) is 0 Å². The minimum absolute atomic E-state index is 0. The summed E-state index contributed by atoms with van der Waals surface area (Å²) < 4.78 is -0.759. The minimum atomic E-state index is -0.759. The summed E-state index contributed by atoms with van der Waals surface area (Å²) in [5, 5.41) is 10.7. The summed E-state index contributed by atoms with van der Waals surface area (Å²) in [6.45, 7) is 4.11. The third kappa shape index (κ3) is 6.90. The molecule has 0 aliphatic carbocycles. The molecule has 2 atom stereocenters. The molecule has 2 unspecified atom stereocenters. The molecule has 0 aromatic carbocycles. The lowest BCUT2D eigenvalue weighted by Gasteiger charge is -2.32. The highest BCUT2D eigenvalue weighted by Gasteiger charge is 2.13. The van der Waals surface area contributed by atoms with Crippen molar-refractivity contribution in [2.24, 2.45) is 0 Å². The summed E-state index contributed by atoms with van der Waals surface area (Å²) in [6, 6.07) is 0. The van der Waals surface area contributed by atoms with Crippen molar-refractivity contribution in [1.29, 1.82) is 0 Å². The highest BCUT2D eigenvalue weighted by atomic mass is 35.5. The molecule has 0 saturated heterocycles. The van der Waals surface area contributed by atoms with Crippen molar-refractivity contribution < 1.29 is 4.17 Å². The summed E-state index contributed by atoms with van der Waals surface area (Å²) in [5.74, 6) is 0. The summed E-state index contributed by atoms with van der Waals surface area (Å²) in [6.07, 6.45) is 0. The predicted molar refractivity (Wildman–Crippen MR) is 47.5 cm³/mol. The molecule has 64 valence electrons. The smallest absolute Gasteiger partial charge is 0.166 e. The van der Waals surface area contributed by atoms with Gasteiger partial charge in [0.05, 0.1) is 11.9 Å². The zero-order chi connectivity index (χ0) is 7.49. The predicted octanol–water partition coefficient (Wildman–Crippen LogP) is 2.52. The van der Waals surface area contributed by atoms with Crippen LogP contribution in [0.25, 0.3) is 0 Å². The van der Waals surface area contributed by atoms with Crippen LogP contribution < -0.4 is 0 Å². The van der Waals surface area contributed by atoms with E-state index >= 15 is 0 Å². The third-order valence-corrected chi connectivity index (χ3v) is 1.51. The van der Waals surface area contributed by atoms with E-state index in [0.717, 1.165) is 0 Å². The average Bonchev–Trinajstić information content (AvgIpc) is 1.63. The Balaban J connectivity index is 0. The highest BCUT2D eigenvalue weighted by Crippen LogP contribution is 2.12.